The van der Waals surface area contributed by atoms with Crippen molar-refractivity contribution in [3.8, 4) is 17.0 Å². The maximum absolute atomic E-state index is 12.6. The van der Waals surface area contributed by atoms with E-state index in [0.29, 0.717) is 18.9 Å². The molecule has 2 aliphatic rings. The van der Waals surface area contributed by atoms with E-state index in [0.717, 1.165) is 29.7 Å². The van der Waals surface area contributed by atoms with E-state index in [4.69, 9.17) is 14.2 Å². The molecule has 1 aromatic carbocycles. The number of aromatic nitrogens is 1. The first-order chi connectivity index (χ1) is 15.6. The SMILES string of the molecule is COCCCOc1ccc2c(c1)C1C(OC(C)C)CC(C)(C)N1n1cc(C(=O)O)c(=O)cc1-2. The minimum Gasteiger partial charge on any atom is -0.493 e. The van der Waals surface area contributed by atoms with E-state index < -0.39 is 11.4 Å². The zero-order chi connectivity index (χ0) is 23.9. The van der Waals surface area contributed by atoms with Gasteiger partial charge in [0.1, 0.15) is 11.3 Å². The van der Waals surface area contributed by atoms with Gasteiger partial charge in [-0.15, -0.1) is 0 Å². The molecule has 33 heavy (non-hydrogen) atoms. The van der Waals surface area contributed by atoms with Gasteiger partial charge in [-0.1, -0.05) is 0 Å². The Hall–Kier alpha value is -2.84. The van der Waals surface area contributed by atoms with Gasteiger partial charge in [-0.05, 0) is 51.5 Å². The lowest BCUT2D eigenvalue weighted by Crippen LogP contribution is -2.51. The molecule has 0 saturated carbocycles. The Kier molecular flexibility index (Phi) is 6.24. The fourth-order valence-corrected chi connectivity index (χ4v) is 5.03. The summed E-state index contributed by atoms with van der Waals surface area (Å²) in [6.07, 6.45) is 2.91. The smallest absolute Gasteiger partial charge is 0.341 e. The normalized spacial score (nSPS) is 20.4. The quantitative estimate of drug-likeness (QED) is 0.607. The Morgan fingerprint density at radius 1 is 1.24 bits per heavy atom. The highest BCUT2D eigenvalue weighted by molar-refractivity contribution is 5.88. The van der Waals surface area contributed by atoms with E-state index in [1.165, 1.54) is 12.3 Å². The Morgan fingerprint density at radius 2 is 2.00 bits per heavy atom. The molecule has 4 rings (SSSR count). The fraction of sp³-hybridized carbons (Fsp3) is 0.520. The first-order valence-electron chi connectivity index (χ1n) is 11.3. The molecule has 2 unspecified atom stereocenters. The summed E-state index contributed by atoms with van der Waals surface area (Å²) in [5.41, 5.74) is 1.47. The van der Waals surface area contributed by atoms with Crippen molar-refractivity contribution in [2.75, 3.05) is 25.3 Å². The lowest BCUT2D eigenvalue weighted by atomic mass is 9.92. The van der Waals surface area contributed by atoms with E-state index in [9.17, 15) is 14.7 Å². The second-order valence-corrected chi connectivity index (χ2v) is 9.56. The van der Waals surface area contributed by atoms with Gasteiger partial charge in [0.15, 0.2) is 5.43 Å². The monoisotopic (exact) mass is 456 g/mol. The maximum Gasteiger partial charge on any atom is 0.341 e. The molecule has 8 nitrogen and oxygen atoms in total. The molecule has 0 amide bonds. The molecule has 178 valence electrons. The summed E-state index contributed by atoms with van der Waals surface area (Å²) >= 11 is 0. The number of carbonyl (C=O) groups is 1. The first-order valence-corrected chi connectivity index (χ1v) is 11.3. The Morgan fingerprint density at radius 3 is 2.67 bits per heavy atom. The van der Waals surface area contributed by atoms with Crippen LogP contribution in [0.1, 0.15) is 62.5 Å². The van der Waals surface area contributed by atoms with Crippen molar-refractivity contribution < 1.29 is 24.1 Å². The van der Waals surface area contributed by atoms with Crippen LogP contribution < -0.4 is 15.2 Å². The minimum absolute atomic E-state index is 0.0349. The molecule has 0 aliphatic carbocycles. The number of benzene rings is 1. The number of carboxylic acid groups (broad SMARTS) is 1. The zero-order valence-corrected chi connectivity index (χ0v) is 19.8. The summed E-state index contributed by atoms with van der Waals surface area (Å²) in [6, 6.07) is 7.12. The fourth-order valence-electron chi connectivity index (χ4n) is 5.03. The van der Waals surface area contributed by atoms with Gasteiger partial charge in [0.05, 0.1) is 36.1 Å². The van der Waals surface area contributed by atoms with E-state index in [1.54, 1.807) is 7.11 Å². The maximum atomic E-state index is 12.6. The van der Waals surface area contributed by atoms with Crippen molar-refractivity contribution >= 4 is 5.97 Å². The average Bonchev–Trinajstić information content (AvgIpc) is 3.00. The van der Waals surface area contributed by atoms with Gasteiger partial charge >= 0.3 is 5.97 Å². The standard InChI is InChI=1S/C25H32N2O6/c1-15(2)33-22-13-25(3,4)27-23(22)18-11-16(32-10-6-9-31-5)7-8-17(18)20-12-21(28)19(24(29)30)14-26(20)27/h7-8,11-12,14-15,22-23H,6,9-10,13H2,1-5H3,(H,29,30). The van der Waals surface area contributed by atoms with Gasteiger partial charge < -0.3 is 19.3 Å². The zero-order valence-electron chi connectivity index (χ0n) is 19.8. The molecule has 8 heteroatoms. The number of hydrogen-bond acceptors (Lipinski definition) is 6. The summed E-state index contributed by atoms with van der Waals surface area (Å²) < 4.78 is 19.3. The molecular formula is C25H32N2O6. The van der Waals surface area contributed by atoms with Crippen LogP contribution in [0.25, 0.3) is 11.3 Å². The molecule has 3 heterocycles. The highest BCUT2D eigenvalue weighted by Crippen LogP contribution is 2.50. The summed E-state index contributed by atoms with van der Waals surface area (Å²) in [5, 5.41) is 11.7. The lowest BCUT2D eigenvalue weighted by Gasteiger charge is -2.44. The van der Waals surface area contributed by atoms with Crippen LogP contribution in [-0.2, 0) is 9.47 Å². The minimum atomic E-state index is -1.23. The lowest BCUT2D eigenvalue weighted by molar-refractivity contribution is -0.000237. The van der Waals surface area contributed by atoms with Crippen molar-refractivity contribution in [2.45, 2.75) is 64.3 Å². The van der Waals surface area contributed by atoms with E-state index >= 15 is 0 Å². The number of nitrogens with zero attached hydrogens (tertiary/aromatic N) is 2. The Balaban J connectivity index is 1.87. The molecule has 1 fully saturated rings. The number of carboxylic acids is 1. The molecule has 2 atom stereocenters. The Bertz CT molecular complexity index is 1110. The van der Waals surface area contributed by atoms with Crippen molar-refractivity contribution in [3.05, 3.63) is 51.8 Å². The van der Waals surface area contributed by atoms with Gasteiger partial charge in [-0.25, -0.2) is 4.79 Å². The predicted molar refractivity (Wildman–Crippen MR) is 125 cm³/mol. The van der Waals surface area contributed by atoms with Crippen molar-refractivity contribution in [3.63, 3.8) is 0 Å². The van der Waals surface area contributed by atoms with Crippen LogP contribution in [0.3, 0.4) is 0 Å². The molecule has 0 radical (unpaired) electrons. The molecule has 1 saturated heterocycles. The van der Waals surface area contributed by atoms with Crippen LogP contribution in [0.2, 0.25) is 0 Å². The van der Waals surface area contributed by atoms with Crippen LogP contribution in [0.4, 0.5) is 0 Å². The third-order valence-electron chi connectivity index (χ3n) is 6.26. The van der Waals surface area contributed by atoms with E-state index in [-0.39, 0.29) is 29.4 Å². The van der Waals surface area contributed by atoms with Gasteiger partial charge in [-0.3, -0.25) is 14.5 Å². The van der Waals surface area contributed by atoms with Crippen LogP contribution in [-0.4, -0.2) is 53.8 Å². The number of methoxy groups -OCH3 is 1. The van der Waals surface area contributed by atoms with Crippen LogP contribution >= 0.6 is 0 Å². The summed E-state index contributed by atoms with van der Waals surface area (Å²) in [6.45, 7) is 9.42. The van der Waals surface area contributed by atoms with Crippen LogP contribution in [0, 0.1) is 0 Å². The van der Waals surface area contributed by atoms with Crippen molar-refractivity contribution in [1.82, 2.24) is 4.68 Å². The summed E-state index contributed by atoms with van der Waals surface area (Å²) in [5.74, 6) is -0.486. The first kappa shape index (κ1) is 23.3. The summed E-state index contributed by atoms with van der Waals surface area (Å²) in [7, 11) is 1.67. The molecule has 2 aliphatic heterocycles. The topological polar surface area (TPSA) is 90.2 Å². The molecule has 2 aromatic rings. The molecule has 1 N–H and O–H groups in total. The third kappa shape index (κ3) is 4.25. The second-order valence-electron chi connectivity index (χ2n) is 9.56. The van der Waals surface area contributed by atoms with E-state index in [1.807, 2.05) is 36.7 Å². The molecule has 0 spiro atoms. The number of rotatable bonds is 8. The van der Waals surface area contributed by atoms with Gasteiger partial charge in [0.2, 0.25) is 0 Å². The van der Waals surface area contributed by atoms with Crippen LogP contribution in [0.15, 0.2) is 35.3 Å². The second kappa shape index (κ2) is 8.83. The average molecular weight is 457 g/mol. The number of fused-ring (bicyclic) bond motifs is 6. The molecular weight excluding hydrogens is 424 g/mol. The molecule has 0 bridgehead atoms. The van der Waals surface area contributed by atoms with Gasteiger partial charge in [-0.2, -0.15) is 0 Å². The highest BCUT2D eigenvalue weighted by Gasteiger charge is 2.51. The highest BCUT2D eigenvalue weighted by atomic mass is 16.5. The largest absolute Gasteiger partial charge is 0.493 e. The number of pyridine rings is 1. The Labute approximate surface area is 193 Å². The van der Waals surface area contributed by atoms with Gasteiger partial charge in [0.25, 0.3) is 0 Å². The van der Waals surface area contributed by atoms with Crippen molar-refractivity contribution in [1.29, 1.82) is 0 Å². The predicted octanol–water partition coefficient (Wildman–Crippen LogP) is 3.60. The number of hydrogen-bond donors (Lipinski definition) is 1. The number of ether oxygens (including phenoxy) is 3. The summed E-state index contributed by atoms with van der Waals surface area (Å²) in [4.78, 5) is 24.3. The molecule has 1 aromatic heterocycles. The number of aromatic carboxylic acids is 1. The van der Waals surface area contributed by atoms with Gasteiger partial charge in [0, 0.05) is 44.4 Å². The third-order valence-corrected chi connectivity index (χ3v) is 6.26. The van der Waals surface area contributed by atoms with Crippen molar-refractivity contribution in [2.24, 2.45) is 0 Å². The van der Waals surface area contributed by atoms with Crippen LogP contribution in [0.5, 0.6) is 5.75 Å². The van der Waals surface area contributed by atoms with E-state index in [2.05, 4.69) is 18.9 Å².